The third kappa shape index (κ3) is 9.69. The Morgan fingerprint density at radius 3 is 1.55 bits per heavy atom. The fourth-order valence-corrected chi connectivity index (χ4v) is 3.51. The van der Waals surface area contributed by atoms with Crippen LogP contribution in [-0.2, 0) is 22.7 Å². The Morgan fingerprint density at radius 2 is 1.13 bits per heavy atom. The van der Waals surface area contributed by atoms with Gasteiger partial charge in [-0.2, -0.15) is 0 Å². The normalized spacial score (nSPS) is 10.6. The summed E-state index contributed by atoms with van der Waals surface area (Å²) in [6.07, 6.45) is -0.237. The summed E-state index contributed by atoms with van der Waals surface area (Å²) in [5, 5.41) is 31.1. The highest BCUT2D eigenvalue weighted by atomic mass is 79.9. The second-order valence-corrected chi connectivity index (χ2v) is 8.61. The molecule has 168 valence electrons. The summed E-state index contributed by atoms with van der Waals surface area (Å²) in [5.41, 5.74) is 1.51. The van der Waals surface area contributed by atoms with Crippen molar-refractivity contribution in [3.05, 3.63) is 56.5 Å². The van der Waals surface area contributed by atoms with Crippen LogP contribution >= 0.6 is 31.9 Å². The molecule has 0 aromatic heterocycles. The Hall–Kier alpha value is -2.14. The lowest BCUT2D eigenvalue weighted by Crippen LogP contribution is -2.37. The average Bonchev–Trinajstić information content (AvgIpc) is 2.72. The van der Waals surface area contributed by atoms with Crippen LogP contribution in [0.15, 0.2) is 45.3 Å². The highest BCUT2D eigenvalue weighted by molar-refractivity contribution is 9.10. The third-order valence-corrected chi connectivity index (χ3v) is 5.27. The minimum absolute atomic E-state index is 0.208. The van der Waals surface area contributed by atoms with E-state index in [1.165, 1.54) is 0 Å². The van der Waals surface area contributed by atoms with Crippen molar-refractivity contribution in [2.45, 2.75) is 19.5 Å². The molecule has 6 N–H and O–H groups in total. The first-order valence-electron chi connectivity index (χ1n) is 9.75. The lowest BCUT2D eigenvalue weighted by Gasteiger charge is -2.10. The number of carbonyl (C=O) groups is 2. The van der Waals surface area contributed by atoms with Crippen molar-refractivity contribution in [2.75, 3.05) is 26.2 Å². The van der Waals surface area contributed by atoms with Gasteiger partial charge in [0.25, 0.3) is 0 Å². The molecule has 0 bridgehead atoms. The predicted octanol–water partition coefficient (Wildman–Crippen LogP) is 2.12. The highest BCUT2D eigenvalue weighted by Gasteiger charge is 2.08. The number of benzene rings is 2. The van der Waals surface area contributed by atoms with E-state index in [4.69, 9.17) is 0 Å². The molecule has 0 unspecified atom stereocenters. The number of aromatic hydroxyl groups is 2. The van der Waals surface area contributed by atoms with Gasteiger partial charge < -0.3 is 31.5 Å². The maximum absolute atomic E-state index is 11.8. The van der Waals surface area contributed by atoms with Crippen molar-refractivity contribution in [3.8, 4) is 11.5 Å². The van der Waals surface area contributed by atoms with Crippen LogP contribution in [0, 0.1) is 0 Å². The lowest BCUT2D eigenvalue weighted by atomic mass is 10.2. The van der Waals surface area contributed by atoms with Gasteiger partial charge in [-0.1, -0.05) is 31.9 Å². The van der Waals surface area contributed by atoms with Crippen molar-refractivity contribution < 1.29 is 19.8 Å². The van der Waals surface area contributed by atoms with Crippen LogP contribution in [-0.4, -0.2) is 48.2 Å². The highest BCUT2D eigenvalue weighted by Crippen LogP contribution is 2.22. The van der Waals surface area contributed by atoms with E-state index in [0.29, 0.717) is 39.3 Å². The molecule has 0 heterocycles. The van der Waals surface area contributed by atoms with E-state index in [-0.39, 0.29) is 29.7 Å². The fourth-order valence-electron chi connectivity index (χ4n) is 2.69. The first-order chi connectivity index (χ1) is 14.8. The van der Waals surface area contributed by atoms with Gasteiger partial charge in [-0.15, -0.1) is 0 Å². The standard InChI is InChI=1S/C21H26Br2N4O4/c22-16-1-3-18(28)14(9-16)12-24-5-7-26-20(30)11-21(31)27-8-6-25-13-15-10-17(23)2-4-19(15)29/h1-4,9-10,24-25,28-29H,5-8,11-13H2,(H,26,30)(H,27,31). The topological polar surface area (TPSA) is 123 Å². The molecule has 31 heavy (non-hydrogen) atoms. The Balaban J connectivity index is 1.52. The van der Waals surface area contributed by atoms with E-state index in [2.05, 4.69) is 53.1 Å². The molecule has 0 spiro atoms. The number of hydrogen-bond donors (Lipinski definition) is 6. The molecule has 2 aromatic carbocycles. The number of nitrogens with one attached hydrogen (secondary N) is 4. The van der Waals surface area contributed by atoms with Crippen molar-refractivity contribution >= 4 is 43.7 Å². The van der Waals surface area contributed by atoms with Gasteiger partial charge in [-0.25, -0.2) is 0 Å². The van der Waals surface area contributed by atoms with Crippen molar-refractivity contribution in [1.82, 2.24) is 21.3 Å². The molecule has 2 amide bonds. The molecule has 0 saturated heterocycles. The summed E-state index contributed by atoms with van der Waals surface area (Å²) in [6.45, 7) is 2.69. The molecular formula is C21H26Br2N4O4. The zero-order valence-corrected chi connectivity index (χ0v) is 20.1. The molecule has 0 fully saturated rings. The number of halogens is 2. The predicted molar refractivity (Wildman–Crippen MR) is 126 cm³/mol. The first kappa shape index (κ1) is 25.1. The van der Waals surface area contributed by atoms with Gasteiger partial charge in [-0.3, -0.25) is 9.59 Å². The Kier molecular flexibility index (Phi) is 10.8. The average molecular weight is 558 g/mol. The molecule has 2 aromatic rings. The zero-order valence-electron chi connectivity index (χ0n) is 16.9. The van der Waals surface area contributed by atoms with Gasteiger partial charge >= 0.3 is 0 Å². The Bertz CT molecular complexity index is 824. The summed E-state index contributed by atoms with van der Waals surface area (Å²) < 4.78 is 1.76. The number of rotatable bonds is 12. The minimum atomic E-state index is -0.350. The molecule has 10 heteroatoms. The van der Waals surface area contributed by atoms with Crippen LogP contribution in [0.2, 0.25) is 0 Å². The maximum Gasteiger partial charge on any atom is 0.229 e. The van der Waals surface area contributed by atoms with Gasteiger partial charge in [-0.05, 0) is 36.4 Å². The van der Waals surface area contributed by atoms with Crippen molar-refractivity contribution in [2.24, 2.45) is 0 Å². The second kappa shape index (κ2) is 13.3. The van der Waals surface area contributed by atoms with Gasteiger partial charge in [0.05, 0.1) is 0 Å². The summed E-state index contributed by atoms with van der Waals surface area (Å²) in [5.74, 6) is -0.285. The summed E-state index contributed by atoms with van der Waals surface area (Å²) in [6, 6.07) is 10.4. The lowest BCUT2D eigenvalue weighted by molar-refractivity contribution is -0.129. The number of phenolic OH excluding ortho intramolecular Hbond substituents is 2. The minimum Gasteiger partial charge on any atom is -0.508 e. The number of hydrogen-bond acceptors (Lipinski definition) is 6. The molecule has 0 saturated carbocycles. The molecule has 0 aliphatic rings. The van der Waals surface area contributed by atoms with Gasteiger partial charge in [0.15, 0.2) is 0 Å². The Morgan fingerprint density at radius 1 is 0.710 bits per heavy atom. The van der Waals surface area contributed by atoms with Crippen LogP contribution < -0.4 is 21.3 Å². The van der Waals surface area contributed by atoms with Gasteiger partial charge in [0, 0.05) is 59.3 Å². The van der Waals surface area contributed by atoms with E-state index in [0.717, 1.165) is 20.1 Å². The SMILES string of the molecule is O=C(CC(=O)NCCNCc1cc(Br)ccc1O)NCCNCc1cc(Br)ccc1O. The fraction of sp³-hybridized carbons (Fsp3) is 0.333. The number of carbonyl (C=O) groups excluding carboxylic acids is 2. The molecule has 2 rings (SSSR count). The van der Waals surface area contributed by atoms with E-state index in [9.17, 15) is 19.8 Å². The van der Waals surface area contributed by atoms with E-state index < -0.39 is 0 Å². The molecule has 0 aliphatic carbocycles. The Labute approximate surface area is 198 Å². The number of amides is 2. The number of phenols is 2. The first-order valence-corrected chi connectivity index (χ1v) is 11.3. The van der Waals surface area contributed by atoms with E-state index in [1.807, 2.05) is 12.1 Å². The molecule has 8 nitrogen and oxygen atoms in total. The van der Waals surface area contributed by atoms with Gasteiger partial charge in [0.2, 0.25) is 11.8 Å². The van der Waals surface area contributed by atoms with Crippen LogP contribution in [0.5, 0.6) is 11.5 Å². The summed E-state index contributed by atoms with van der Waals surface area (Å²) >= 11 is 6.71. The molecule has 0 aliphatic heterocycles. The molecule has 0 radical (unpaired) electrons. The third-order valence-electron chi connectivity index (χ3n) is 4.28. The monoisotopic (exact) mass is 556 g/mol. The van der Waals surface area contributed by atoms with Crippen LogP contribution in [0.1, 0.15) is 17.5 Å². The summed E-state index contributed by atoms with van der Waals surface area (Å²) in [7, 11) is 0. The van der Waals surface area contributed by atoms with E-state index in [1.54, 1.807) is 24.3 Å². The summed E-state index contributed by atoms with van der Waals surface area (Å²) in [4.78, 5) is 23.7. The zero-order chi connectivity index (χ0) is 22.6. The van der Waals surface area contributed by atoms with Gasteiger partial charge in [0.1, 0.15) is 17.9 Å². The van der Waals surface area contributed by atoms with Crippen molar-refractivity contribution in [3.63, 3.8) is 0 Å². The van der Waals surface area contributed by atoms with E-state index >= 15 is 0 Å². The molecular weight excluding hydrogens is 532 g/mol. The smallest absolute Gasteiger partial charge is 0.229 e. The van der Waals surface area contributed by atoms with Crippen LogP contribution in [0.3, 0.4) is 0 Å². The van der Waals surface area contributed by atoms with Crippen LogP contribution in [0.4, 0.5) is 0 Å². The van der Waals surface area contributed by atoms with Crippen molar-refractivity contribution in [1.29, 1.82) is 0 Å². The van der Waals surface area contributed by atoms with Crippen LogP contribution in [0.25, 0.3) is 0 Å². The molecule has 0 atom stereocenters. The second-order valence-electron chi connectivity index (χ2n) is 6.78. The quantitative estimate of drug-likeness (QED) is 0.175. The maximum atomic E-state index is 11.8. The largest absolute Gasteiger partial charge is 0.508 e.